The van der Waals surface area contributed by atoms with Gasteiger partial charge in [-0.15, -0.1) is 0 Å². The van der Waals surface area contributed by atoms with E-state index in [-0.39, 0.29) is 0 Å². The molecule has 0 radical (unpaired) electrons. The molecule has 0 fully saturated rings. The van der Waals surface area contributed by atoms with Gasteiger partial charge in [0.05, 0.1) is 0 Å². The van der Waals surface area contributed by atoms with Crippen molar-refractivity contribution < 1.29 is 5.11 Å². The molecule has 1 atom stereocenters. The molecule has 2 aromatic rings. The first-order chi connectivity index (χ1) is 10.8. The normalized spacial score (nSPS) is 20.7. The van der Waals surface area contributed by atoms with Crippen molar-refractivity contribution in [3.63, 3.8) is 0 Å². The molecule has 0 spiro atoms. The molecule has 1 heteroatoms. The second-order valence-corrected chi connectivity index (χ2v) is 5.63. The van der Waals surface area contributed by atoms with Gasteiger partial charge in [0.1, 0.15) is 0 Å². The van der Waals surface area contributed by atoms with Crippen LogP contribution in [0.1, 0.15) is 42.9 Å². The monoisotopic (exact) mass is 288 g/mol. The highest BCUT2D eigenvalue weighted by atomic mass is 16.3. The highest BCUT2D eigenvalue weighted by molar-refractivity contribution is 5.97. The number of benzene rings is 2. The van der Waals surface area contributed by atoms with E-state index in [1.54, 1.807) is 0 Å². The fourth-order valence-electron chi connectivity index (χ4n) is 2.80. The summed E-state index contributed by atoms with van der Waals surface area (Å²) >= 11 is 0. The third-order valence-electron chi connectivity index (χ3n) is 4.03. The molecule has 1 nitrogen and oxygen atoms in total. The minimum atomic E-state index is -1.12. The van der Waals surface area contributed by atoms with Crippen LogP contribution in [0.25, 0.3) is 11.6 Å². The summed E-state index contributed by atoms with van der Waals surface area (Å²) in [6.07, 6.45) is 5.06. The van der Waals surface area contributed by atoms with E-state index >= 15 is 0 Å². The molecule has 22 heavy (non-hydrogen) atoms. The number of fused-ring (bicyclic) bond motifs is 1. The smallest absolute Gasteiger partial charge is 0.178 e. The predicted octanol–water partition coefficient (Wildman–Crippen LogP) is 4.62. The Morgan fingerprint density at radius 1 is 1.05 bits per heavy atom. The Morgan fingerprint density at radius 3 is 2.55 bits per heavy atom. The molecular formula is C21H20O. The maximum absolute atomic E-state index is 11.0. The zero-order valence-corrected chi connectivity index (χ0v) is 12.8. The summed E-state index contributed by atoms with van der Waals surface area (Å²) in [4.78, 5) is 0. The molecule has 2 aromatic carbocycles. The first kappa shape index (κ1) is 14.6. The molecule has 1 aliphatic rings. The molecular weight excluding hydrogens is 268 g/mol. The zero-order valence-electron chi connectivity index (χ0n) is 12.8. The molecule has 0 aromatic heterocycles. The van der Waals surface area contributed by atoms with Crippen LogP contribution in [0.4, 0.5) is 0 Å². The van der Waals surface area contributed by atoms with Crippen molar-refractivity contribution in [2.45, 2.75) is 31.8 Å². The minimum absolute atomic E-state index is 0.833. The predicted molar refractivity (Wildman–Crippen MR) is 92.0 cm³/mol. The summed E-state index contributed by atoms with van der Waals surface area (Å²) in [5, 5.41) is 11.0. The van der Waals surface area contributed by atoms with Crippen LogP contribution < -0.4 is 0 Å². The fraction of sp³-hybridized carbons (Fsp3) is 0.238. The molecule has 0 bridgehead atoms. The van der Waals surface area contributed by atoms with E-state index in [9.17, 15) is 5.11 Å². The van der Waals surface area contributed by atoms with Crippen LogP contribution in [0, 0.1) is 11.8 Å². The number of unbranched alkanes of at least 4 members (excludes halogenated alkanes) is 2. The van der Waals surface area contributed by atoms with Gasteiger partial charge in [0, 0.05) is 17.6 Å². The van der Waals surface area contributed by atoms with Crippen molar-refractivity contribution in [3.8, 4) is 11.8 Å². The van der Waals surface area contributed by atoms with Crippen LogP contribution in [-0.2, 0) is 5.60 Å². The average molecular weight is 288 g/mol. The summed E-state index contributed by atoms with van der Waals surface area (Å²) in [7, 11) is 0. The fourth-order valence-corrected chi connectivity index (χ4v) is 2.80. The highest BCUT2D eigenvalue weighted by Gasteiger charge is 2.44. The molecule has 110 valence electrons. The molecule has 0 amide bonds. The second-order valence-electron chi connectivity index (χ2n) is 5.63. The number of hydrogen-bond acceptors (Lipinski definition) is 1. The summed E-state index contributed by atoms with van der Waals surface area (Å²) in [6.45, 7) is 2.15. The summed E-state index contributed by atoms with van der Waals surface area (Å²) in [5.41, 5.74) is 2.87. The lowest BCUT2D eigenvalue weighted by Gasteiger charge is -2.38. The van der Waals surface area contributed by atoms with Gasteiger partial charge in [0.2, 0.25) is 0 Å². The minimum Gasteiger partial charge on any atom is -0.369 e. The van der Waals surface area contributed by atoms with Gasteiger partial charge in [-0.25, -0.2) is 0 Å². The van der Waals surface area contributed by atoms with Gasteiger partial charge in [-0.2, -0.15) is 0 Å². The third-order valence-corrected chi connectivity index (χ3v) is 4.03. The van der Waals surface area contributed by atoms with Crippen molar-refractivity contribution >= 4 is 11.6 Å². The summed E-state index contributed by atoms with van der Waals surface area (Å²) in [5.74, 6) is 6.24. The molecule has 3 rings (SSSR count). The average Bonchev–Trinajstić information content (AvgIpc) is 2.57. The van der Waals surface area contributed by atoms with Crippen LogP contribution in [0.15, 0.2) is 54.6 Å². The highest BCUT2D eigenvalue weighted by Crippen LogP contribution is 2.49. The SMILES string of the molecule is CCCCC#CC1(O)/C(=C\c2ccccc2)c2ccccc21. The quantitative estimate of drug-likeness (QED) is 0.645. The Hall–Kier alpha value is -2.30. The maximum atomic E-state index is 11.0. The van der Waals surface area contributed by atoms with Crippen molar-refractivity contribution in [2.75, 3.05) is 0 Å². The molecule has 0 saturated carbocycles. The van der Waals surface area contributed by atoms with E-state index in [0.717, 1.165) is 41.5 Å². The molecule has 1 aliphatic carbocycles. The maximum Gasteiger partial charge on any atom is 0.178 e. The molecule has 1 N–H and O–H groups in total. The van der Waals surface area contributed by atoms with E-state index < -0.39 is 5.60 Å². The van der Waals surface area contributed by atoms with Gasteiger partial charge < -0.3 is 5.11 Å². The van der Waals surface area contributed by atoms with E-state index in [2.05, 4.69) is 18.8 Å². The van der Waals surface area contributed by atoms with E-state index in [4.69, 9.17) is 0 Å². The first-order valence-corrected chi connectivity index (χ1v) is 7.85. The summed E-state index contributed by atoms with van der Waals surface area (Å²) in [6, 6.07) is 18.0. The molecule has 0 heterocycles. The number of aliphatic hydroxyl groups is 1. The molecule has 0 saturated heterocycles. The van der Waals surface area contributed by atoms with Gasteiger partial charge in [-0.1, -0.05) is 79.8 Å². The van der Waals surface area contributed by atoms with E-state index in [1.165, 1.54) is 0 Å². The Kier molecular flexibility index (Phi) is 4.13. The lowest BCUT2D eigenvalue weighted by atomic mass is 9.68. The Labute approximate surface area is 132 Å². The van der Waals surface area contributed by atoms with E-state index in [0.29, 0.717) is 0 Å². The lowest BCUT2D eigenvalue weighted by Crippen LogP contribution is -2.35. The first-order valence-electron chi connectivity index (χ1n) is 7.85. The van der Waals surface area contributed by atoms with E-state index in [1.807, 2.05) is 60.7 Å². The number of hydrogen-bond donors (Lipinski definition) is 1. The van der Waals surface area contributed by atoms with Crippen molar-refractivity contribution in [3.05, 3.63) is 71.3 Å². The van der Waals surface area contributed by atoms with Gasteiger partial charge in [-0.05, 0) is 23.6 Å². The van der Waals surface area contributed by atoms with Crippen LogP contribution in [0.2, 0.25) is 0 Å². The Bertz CT molecular complexity index is 746. The van der Waals surface area contributed by atoms with Crippen LogP contribution in [-0.4, -0.2) is 5.11 Å². The zero-order chi connectivity index (χ0) is 15.4. The molecule has 1 unspecified atom stereocenters. The number of rotatable bonds is 3. The van der Waals surface area contributed by atoms with Crippen molar-refractivity contribution in [2.24, 2.45) is 0 Å². The van der Waals surface area contributed by atoms with Gasteiger partial charge >= 0.3 is 0 Å². The standard InChI is InChI=1S/C21H20O/c1-2-3-4-10-15-21(22)19-14-9-8-13-18(19)20(21)16-17-11-6-5-7-12-17/h5-9,11-14,16,22H,2-4H2,1H3/b20-16-. The Morgan fingerprint density at radius 2 is 1.77 bits per heavy atom. The molecule has 0 aliphatic heterocycles. The second kappa shape index (κ2) is 6.22. The Balaban J connectivity index is 2.00. The van der Waals surface area contributed by atoms with Crippen LogP contribution >= 0.6 is 0 Å². The van der Waals surface area contributed by atoms with Gasteiger partial charge in [-0.3, -0.25) is 0 Å². The van der Waals surface area contributed by atoms with Crippen LogP contribution in [0.5, 0.6) is 0 Å². The third kappa shape index (κ3) is 2.58. The van der Waals surface area contributed by atoms with Crippen LogP contribution in [0.3, 0.4) is 0 Å². The summed E-state index contributed by atoms with van der Waals surface area (Å²) < 4.78 is 0. The van der Waals surface area contributed by atoms with Crippen molar-refractivity contribution in [1.29, 1.82) is 0 Å². The van der Waals surface area contributed by atoms with Gasteiger partial charge in [0.25, 0.3) is 0 Å². The lowest BCUT2D eigenvalue weighted by molar-refractivity contribution is 0.151. The van der Waals surface area contributed by atoms with Crippen molar-refractivity contribution in [1.82, 2.24) is 0 Å². The largest absolute Gasteiger partial charge is 0.369 e. The van der Waals surface area contributed by atoms with Gasteiger partial charge in [0.15, 0.2) is 5.60 Å². The topological polar surface area (TPSA) is 20.2 Å².